The van der Waals surface area contributed by atoms with Gasteiger partial charge in [0.25, 0.3) is 0 Å². The highest BCUT2D eigenvalue weighted by atomic mass is 32.2. The third kappa shape index (κ3) is 1.21. The first kappa shape index (κ1) is 10.2. The summed E-state index contributed by atoms with van der Waals surface area (Å²) in [4.78, 5) is 11.5. The largest absolute Gasteiger partial charge is 0.288 e. The average molecular weight is 244 g/mol. The van der Waals surface area contributed by atoms with Crippen molar-refractivity contribution in [2.75, 3.05) is 0 Å². The quantitative estimate of drug-likeness (QED) is 0.668. The van der Waals surface area contributed by atoms with Crippen LogP contribution in [0.2, 0.25) is 0 Å². The molecule has 0 fully saturated rings. The molecule has 84 valence electrons. The van der Waals surface area contributed by atoms with Crippen molar-refractivity contribution < 1.29 is 13.2 Å². The minimum Gasteiger partial charge on any atom is -0.288 e. The average Bonchev–Trinajstić information content (AvgIpc) is 2.49. The van der Waals surface area contributed by atoms with Crippen LogP contribution < -0.4 is 0 Å². The summed E-state index contributed by atoms with van der Waals surface area (Å²) in [6.45, 7) is 3.36. The molecule has 0 unspecified atom stereocenters. The number of carbonyl (C=O) groups excluding carboxylic acids is 1. The maximum Gasteiger partial charge on any atom is 0.210 e. The maximum absolute atomic E-state index is 11.9. The van der Waals surface area contributed by atoms with E-state index in [4.69, 9.17) is 0 Å². The van der Waals surface area contributed by atoms with Crippen LogP contribution >= 0.6 is 0 Å². The molecule has 3 rings (SSSR count). The lowest BCUT2D eigenvalue weighted by Gasteiger charge is -2.00. The van der Waals surface area contributed by atoms with E-state index in [1.54, 1.807) is 6.07 Å². The van der Waals surface area contributed by atoms with E-state index < -0.39 is 15.6 Å². The van der Waals surface area contributed by atoms with Gasteiger partial charge in [-0.2, -0.15) is 0 Å². The van der Waals surface area contributed by atoms with Crippen molar-refractivity contribution in [2.45, 2.75) is 4.90 Å². The Labute approximate surface area is 98.3 Å². The van der Waals surface area contributed by atoms with Gasteiger partial charge in [-0.1, -0.05) is 30.8 Å². The van der Waals surface area contributed by atoms with E-state index in [2.05, 4.69) is 6.58 Å². The van der Waals surface area contributed by atoms with Gasteiger partial charge in [0.15, 0.2) is 0 Å². The second kappa shape index (κ2) is 3.05. The van der Waals surface area contributed by atoms with Crippen molar-refractivity contribution in [2.24, 2.45) is 0 Å². The molecule has 17 heavy (non-hydrogen) atoms. The fraction of sp³-hybridized carbons (Fsp3) is 0. The zero-order chi connectivity index (χ0) is 12.2. The Morgan fingerprint density at radius 1 is 1.00 bits per heavy atom. The third-order valence-corrected chi connectivity index (χ3v) is 4.71. The van der Waals surface area contributed by atoms with Crippen LogP contribution in [0, 0.1) is 0 Å². The van der Waals surface area contributed by atoms with E-state index in [-0.39, 0.29) is 15.4 Å². The second-order valence-corrected chi connectivity index (χ2v) is 5.89. The van der Waals surface area contributed by atoms with Gasteiger partial charge in [-0.3, -0.25) is 4.79 Å². The van der Waals surface area contributed by atoms with Crippen LogP contribution in [0.4, 0.5) is 0 Å². The fourth-order valence-corrected chi connectivity index (χ4v) is 3.37. The van der Waals surface area contributed by atoms with Crippen molar-refractivity contribution in [1.82, 2.24) is 0 Å². The molecule has 0 radical (unpaired) electrons. The number of sulfone groups is 1. The second-order valence-electron chi connectivity index (χ2n) is 3.95. The lowest BCUT2D eigenvalue weighted by molar-refractivity contribution is 0.104. The molecule has 2 aromatic carbocycles. The van der Waals surface area contributed by atoms with Crippen molar-refractivity contribution in [1.29, 1.82) is 0 Å². The first-order valence-corrected chi connectivity index (χ1v) is 6.51. The summed E-state index contributed by atoms with van der Waals surface area (Å²) < 4.78 is 23.8. The molecule has 0 saturated carbocycles. The number of carbonyl (C=O) groups is 1. The molecule has 0 spiro atoms. The summed E-state index contributed by atoms with van der Waals surface area (Å²) in [5, 5.41) is 1.65. The van der Waals surface area contributed by atoms with Crippen LogP contribution in [0.5, 0.6) is 0 Å². The van der Waals surface area contributed by atoms with Crippen molar-refractivity contribution in [3.8, 4) is 0 Å². The van der Waals surface area contributed by atoms with E-state index in [1.807, 2.05) is 24.3 Å². The smallest absolute Gasteiger partial charge is 0.210 e. The number of Topliss-reactive ketones (excluding diaryl/α,β-unsaturated/α-hetero) is 1. The molecule has 1 heterocycles. The Hall–Kier alpha value is -1.94. The predicted molar refractivity (Wildman–Crippen MR) is 64.6 cm³/mol. The zero-order valence-corrected chi connectivity index (χ0v) is 9.62. The van der Waals surface area contributed by atoms with Crippen molar-refractivity contribution in [3.05, 3.63) is 53.4 Å². The summed E-state index contributed by atoms with van der Waals surface area (Å²) >= 11 is 0. The highest BCUT2D eigenvalue weighted by Gasteiger charge is 2.37. The number of allylic oxidation sites excluding steroid dienone is 1. The van der Waals surface area contributed by atoms with Gasteiger partial charge < -0.3 is 0 Å². The monoisotopic (exact) mass is 244 g/mol. The molecule has 0 N–H and O–H groups in total. The van der Waals surface area contributed by atoms with Gasteiger partial charge in [0.2, 0.25) is 15.6 Å². The van der Waals surface area contributed by atoms with Crippen LogP contribution in [0.25, 0.3) is 10.8 Å². The van der Waals surface area contributed by atoms with Crippen LogP contribution in [0.3, 0.4) is 0 Å². The Balaban J connectivity index is 2.50. The van der Waals surface area contributed by atoms with Crippen LogP contribution in [-0.4, -0.2) is 14.2 Å². The number of hydrogen-bond acceptors (Lipinski definition) is 3. The van der Waals surface area contributed by atoms with E-state index in [0.717, 1.165) is 10.8 Å². The summed E-state index contributed by atoms with van der Waals surface area (Å²) in [6.07, 6.45) is 0. The normalized spacial score (nSPS) is 17.4. The van der Waals surface area contributed by atoms with Gasteiger partial charge in [-0.25, -0.2) is 8.42 Å². The molecule has 0 amide bonds. The minimum absolute atomic E-state index is 0.0752. The molecular formula is C13H8O3S. The topological polar surface area (TPSA) is 51.2 Å². The molecule has 0 bridgehead atoms. The van der Waals surface area contributed by atoms with Gasteiger partial charge in [0.1, 0.15) is 4.91 Å². The SMILES string of the molecule is C=C1C(=O)c2cc3ccccc3cc2S1(=O)=O. The van der Waals surface area contributed by atoms with Gasteiger partial charge in [0.05, 0.1) is 4.90 Å². The van der Waals surface area contributed by atoms with Crippen LogP contribution in [0.1, 0.15) is 10.4 Å². The lowest BCUT2D eigenvalue weighted by atomic mass is 10.0. The Kier molecular flexibility index (Phi) is 1.83. The molecule has 0 saturated heterocycles. The number of hydrogen-bond donors (Lipinski definition) is 0. The standard InChI is InChI=1S/C13H8O3S/c1-8-13(14)11-6-9-4-2-3-5-10(9)7-12(11)17(8,15)16/h2-7H,1H2. The molecule has 0 aliphatic carbocycles. The molecule has 4 heteroatoms. The van der Waals surface area contributed by atoms with Gasteiger partial charge in [-0.05, 0) is 22.9 Å². The molecule has 0 aromatic heterocycles. The molecule has 2 aromatic rings. The fourth-order valence-electron chi connectivity index (χ4n) is 2.02. The van der Waals surface area contributed by atoms with Gasteiger partial charge in [-0.15, -0.1) is 0 Å². The van der Waals surface area contributed by atoms with Gasteiger partial charge in [0, 0.05) is 5.56 Å². The molecular weight excluding hydrogens is 236 g/mol. The molecule has 1 aliphatic rings. The number of ketones is 1. The zero-order valence-electron chi connectivity index (χ0n) is 8.80. The Morgan fingerprint density at radius 2 is 1.59 bits per heavy atom. The van der Waals surface area contributed by atoms with Gasteiger partial charge >= 0.3 is 0 Å². The summed E-state index contributed by atoms with van der Waals surface area (Å²) in [5.74, 6) is -0.495. The molecule has 1 aliphatic heterocycles. The highest BCUT2D eigenvalue weighted by Crippen LogP contribution is 2.35. The summed E-state index contributed by atoms with van der Waals surface area (Å²) in [5.41, 5.74) is 0.230. The van der Waals surface area contributed by atoms with E-state index >= 15 is 0 Å². The first-order chi connectivity index (χ1) is 8.01. The molecule has 0 atom stereocenters. The van der Waals surface area contributed by atoms with Crippen LogP contribution in [-0.2, 0) is 9.84 Å². The minimum atomic E-state index is -3.67. The predicted octanol–water partition coefficient (Wildman–Crippen LogP) is 2.32. The van der Waals surface area contributed by atoms with Crippen molar-refractivity contribution in [3.63, 3.8) is 0 Å². The highest BCUT2D eigenvalue weighted by molar-refractivity contribution is 7.97. The van der Waals surface area contributed by atoms with E-state index in [9.17, 15) is 13.2 Å². The summed E-state index contributed by atoms with van der Waals surface area (Å²) in [7, 11) is -3.67. The van der Waals surface area contributed by atoms with Crippen LogP contribution in [0.15, 0.2) is 52.8 Å². The number of benzene rings is 2. The third-order valence-electron chi connectivity index (χ3n) is 2.96. The Bertz CT molecular complexity index is 785. The molecule has 3 nitrogen and oxygen atoms in total. The lowest BCUT2D eigenvalue weighted by Crippen LogP contribution is -1.99. The maximum atomic E-state index is 11.9. The Morgan fingerprint density at radius 3 is 2.24 bits per heavy atom. The summed E-state index contributed by atoms with van der Waals surface area (Å²) in [6, 6.07) is 10.5. The van der Waals surface area contributed by atoms with Crippen molar-refractivity contribution >= 4 is 26.4 Å². The first-order valence-electron chi connectivity index (χ1n) is 5.03. The number of rotatable bonds is 0. The number of fused-ring (bicyclic) bond motifs is 2. The van der Waals surface area contributed by atoms with E-state index in [0.29, 0.717) is 0 Å². The van der Waals surface area contributed by atoms with E-state index in [1.165, 1.54) is 6.07 Å².